The van der Waals surface area contributed by atoms with Crippen LogP contribution in [0.4, 0.5) is 19.1 Å². The van der Waals surface area contributed by atoms with Crippen molar-refractivity contribution in [2.45, 2.75) is 46.5 Å². The number of alkyl halides is 3. The zero-order valence-electron chi connectivity index (χ0n) is 16.7. The maximum atomic E-state index is 13.1. The van der Waals surface area contributed by atoms with Gasteiger partial charge in [-0.2, -0.15) is 13.2 Å². The Morgan fingerprint density at radius 3 is 2.25 bits per heavy atom. The van der Waals surface area contributed by atoms with Gasteiger partial charge < -0.3 is 9.80 Å². The number of carbonyl (C=O) groups excluding carboxylic acids is 1. The fraction of sp³-hybridized carbons (Fsp3) is 0.450. The lowest BCUT2D eigenvalue weighted by atomic mass is 10.0. The molecule has 0 saturated carbocycles. The number of anilines is 1. The van der Waals surface area contributed by atoms with E-state index >= 15 is 0 Å². The molecule has 28 heavy (non-hydrogen) atoms. The summed E-state index contributed by atoms with van der Waals surface area (Å²) in [5, 5.41) is 0. The number of hydrogen-bond donors (Lipinski definition) is 0. The van der Waals surface area contributed by atoms with Gasteiger partial charge in [-0.25, -0.2) is 9.97 Å². The van der Waals surface area contributed by atoms with Crippen molar-refractivity contribution < 1.29 is 18.0 Å². The predicted molar refractivity (Wildman–Crippen MR) is 102 cm³/mol. The van der Waals surface area contributed by atoms with Crippen LogP contribution in [-0.4, -0.2) is 46.7 Å². The second-order valence-corrected chi connectivity index (χ2v) is 6.73. The van der Waals surface area contributed by atoms with E-state index in [4.69, 9.17) is 0 Å². The van der Waals surface area contributed by atoms with E-state index in [1.807, 2.05) is 19.9 Å². The number of aromatic nitrogens is 2. The molecule has 5 nitrogen and oxygen atoms in total. The highest BCUT2D eigenvalue weighted by molar-refractivity contribution is 5.96. The number of amides is 1. The van der Waals surface area contributed by atoms with Crippen molar-refractivity contribution in [1.82, 2.24) is 14.9 Å². The van der Waals surface area contributed by atoms with Gasteiger partial charge in [0.2, 0.25) is 5.95 Å². The number of aryl methyl sites for hydroxylation is 2. The monoisotopic (exact) mass is 394 g/mol. The molecule has 0 aliphatic carbocycles. The molecule has 1 aromatic carbocycles. The number of rotatable bonds is 6. The molecule has 0 bridgehead atoms. The van der Waals surface area contributed by atoms with Gasteiger partial charge in [-0.05, 0) is 45.4 Å². The predicted octanol–water partition coefficient (Wildman–Crippen LogP) is 4.14. The second kappa shape index (κ2) is 8.58. The van der Waals surface area contributed by atoms with Gasteiger partial charge in [0.15, 0.2) is 0 Å². The van der Waals surface area contributed by atoms with E-state index in [1.54, 1.807) is 31.9 Å². The third kappa shape index (κ3) is 5.21. The third-order valence-corrected chi connectivity index (χ3v) is 4.54. The first-order chi connectivity index (χ1) is 13.0. The lowest BCUT2D eigenvalue weighted by molar-refractivity contribution is -0.127. The largest absolute Gasteiger partial charge is 0.393 e. The van der Waals surface area contributed by atoms with Crippen molar-refractivity contribution in [1.29, 1.82) is 0 Å². The maximum absolute atomic E-state index is 13.1. The summed E-state index contributed by atoms with van der Waals surface area (Å²) in [5.74, 6) is 0.00546. The molecule has 1 atom stereocenters. The lowest BCUT2D eigenvalue weighted by Crippen LogP contribution is -2.48. The highest BCUT2D eigenvalue weighted by Gasteiger charge is 2.32. The average Bonchev–Trinajstić information content (AvgIpc) is 2.59. The van der Waals surface area contributed by atoms with E-state index in [-0.39, 0.29) is 11.1 Å². The number of carbonyl (C=O) groups is 1. The van der Waals surface area contributed by atoms with Gasteiger partial charge in [0, 0.05) is 30.5 Å². The highest BCUT2D eigenvalue weighted by Crippen LogP contribution is 2.25. The van der Waals surface area contributed by atoms with E-state index in [0.29, 0.717) is 12.5 Å². The first kappa shape index (κ1) is 21.7. The molecule has 0 saturated heterocycles. The van der Waals surface area contributed by atoms with Crippen molar-refractivity contribution in [3.05, 3.63) is 52.8 Å². The van der Waals surface area contributed by atoms with Crippen molar-refractivity contribution in [2.24, 2.45) is 0 Å². The second-order valence-electron chi connectivity index (χ2n) is 6.73. The molecule has 1 heterocycles. The smallest absolute Gasteiger partial charge is 0.324 e. The summed E-state index contributed by atoms with van der Waals surface area (Å²) >= 11 is 0. The Balaban J connectivity index is 2.33. The summed E-state index contributed by atoms with van der Waals surface area (Å²) in [6.07, 6.45) is -5.97. The van der Waals surface area contributed by atoms with E-state index < -0.39 is 24.7 Å². The Kier molecular flexibility index (Phi) is 6.64. The maximum Gasteiger partial charge on any atom is 0.393 e. The normalized spacial score (nSPS) is 12.6. The van der Waals surface area contributed by atoms with E-state index in [9.17, 15) is 18.0 Å². The summed E-state index contributed by atoms with van der Waals surface area (Å²) in [4.78, 5) is 25.1. The van der Waals surface area contributed by atoms with Crippen LogP contribution in [0.2, 0.25) is 0 Å². The summed E-state index contributed by atoms with van der Waals surface area (Å²) in [7, 11) is 1.76. The zero-order valence-corrected chi connectivity index (χ0v) is 16.7. The molecular formula is C20H25F3N4O. The minimum atomic E-state index is -4.39. The SMILES string of the molecule is CCN(C(=O)c1ccccc1CC(F)(F)F)C(C)N(C)c1nc(C)cc(C)n1. The fourth-order valence-electron chi connectivity index (χ4n) is 3.07. The van der Waals surface area contributed by atoms with Crippen LogP contribution >= 0.6 is 0 Å². The van der Waals surface area contributed by atoms with Crippen LogP contribution in [0.1, 0.15) is 41.2 Å². The zero-order chi connectivity index (χ0) is 21.1. The summed E-state index contributed by atoms with van der Waals surface area (Å²) in [6, 6.07) is 7.70. The summed E-state index contributed by atoms with van der Waals surface area (Å²) in [6.45, 7) is 7.63. The van der Waals surface area contributed by atoms with Crippen LogP contribution in [0.5, 0.6) is 0 Å². The summed E-state index contributed by atoms with van der Waals surface area (Å²) < 4.78 is 38.7. The topological polar surface area (TPSA) is 49.3 Å². The first-order valence-electron chi connectivity index (χ1n) is 9.04. The van der Waals surface area contributed by atoms with Crippen LogP contribution in [0.25, 0.3) is 0 Å². The average molecular weight is 394 g/mol. The van der Waals surface area contributed by atoms with Gasteiger partial charge in [0.1, 0.15) is 6.17 Å². The van der Waals surface area contributed by atoms with Gasteiger partial charge in [0.25, 0.3) is 5.91 Å². The Hall–Kier alpha value is -2.64. The fourth-order valence-corrected chi connectivity index (χ4v) is 3.07. The molecule has 1 aromatic heterocycles. The van der Waals surface area contributed by atoms with E-state index in [2.05, 4.69) is 9.97 Å². The molecule has 8 heteroatoms. The molecule has 0 spiro atoms. The minimum Gasteiger partial charge on any atom is -0.324 e. The van der Waals surface area contributed by atoms with E-state index in [0.717, 1.165) is 11.4 Å². The molecule has 2 aromatic rings. The number of hydrogen-bond acceptors (Lipinski definition) is 4. The van der Waals surface area contributed by atoms with Crippen molar-refractivity contribution in [2.75, 3.05) is 18.5 Å². The molecule has 2 rings (SSSR count). The molecule has 0 aliphatic rings. The van der Waals surface area contributed by atoms with Crippen LogP contribution in [-0.2, 0) is 6.42 Å². The van der Waals surface area contributed by atoms with Crippen molar-refractivity contribution in [3.8, 4) is 0 Å². The molecule has 152 valence electrons. The third-order valence-electron chi connectivity index (χ3n) is 4.54. The summed E-state index contributed by atoms with van der Waals surface area (Å²) in [5.41, 5.74) is 1.62. The number of halogens is 3. The van der Waals surface area contributed by atoms with Crippen molar-refractivity contribution >= 4 is 11.9 Å². The van der Waals surface area contributed by atoms with Crippen molar-refractivity contribution in [3.63, 3.8) is 0 Å². The van der Waals surface area contributed by atoms with Crippen LogP contribution < -0.4 is 4.90 Å². The minimum absolute atomic E-state index is 0.0315. The molecule has 0 fully saturated rings. The Bertz CT molecular complexity index is 818. The number of nitrogens with zero attached hydrogens (tertiary/aromatic N) is 4. The molecule has 1 unspecified atom stereocenters. The standard InChI is InChI=1S/C20H25F3N4O/c1-6-27(15(4)26(5)19-24-13(2)11-14(3)25-19)18(28)17-10-8-7-9-16(17)12-20(21,22)23/h7-11,15H,6,12H2,1-5H3. The van der Waals surface area contributed by atoms with Crippen LogP contribution in [0.3, 0.4) is 0 Å². The molecule has 1 amide bonds. The molecule has 0 radical (unpaired) electrons. The quantitative estimate of drug-likeness (QED) is 0.691. The van der Waals surface area contributed by atoms with Crippen LogP contribution in [0.15, 0.2) is 30.3 Å². The van der Waals surface area contributed by atoms with Gasteiger partial charge >= 0.3 is 6.18 Å². The molecular weight excluding hydrogens is 369 g/mol. The van der Waals surface area contributed by atoms with Gasteiger partial charge in [0.05, 0.1) is 6.42 Å². The number of benzene rings is 1. The van der Waals surface area contributed by atoms with Crippen LogP contribution in [0, 0.1) is 13.8 Å². The Morgan fingerprint density at radius 2 is 1.71 bits per heavy atom. The van der Waals surface area contributed by atoms with E-state index in [1.165, 1.54) is 23.1 Å². The van der Waals surface area contributed by atoms with Gasteiger partial charge in [-0.1, -0.05) is 18.2 Å². The first-order valence-corrected chi connectivity index (χ1v) is 9.04. The Labute approximate surface area is 163 Å². The Morgan fingerprint density at radius 1 is 1.14 bits per heavy atom. The van der Waals surface area contributed by atoms with Gasteiger partial charge in [-0.3, -0.25) is 4.79 Å². The molecule has 0 N–H and O–H groups in total. The molecule has 0 aliphatic heterocycles. The lowest BCUT2D eigenvalue weighted by Gasteiger charge is -2.35. The van der Waals surface area contributed by atoms with Gasteiger partial charge in [-0.15, -0.1) is 0 Å². The highest BCUT2D eigenvalue weighted by atomic mass is 19.4.